The minimum Gasteiger partial charge on any atom is -0.309 e. The third kappa shape index (κ3) is 0.661. The van der Waals surface area contributed by atoms with Crippen molar-refractivity contribution in [3.05, 3.63) is 35.1 Å². The summed E-state index contributed by atoms with van der Waals surface area (Å²) in [4.78, 5) is 0. The Labute approximate surface area is 70.6 Å². The monoisotopic (exact) mass is 163 g/mol. The molecule has 1 aliphatic carbocycles. The van der Waals surface area contributed by atoms with Gasteiger partial charge in [-0.05, 0) is 24.0 Å². The molecule has 62 valence electrons. The fraction of sp³-hybridized carbons (Fsp3) is 0.400. The summed E-state index contributed by atoms with van der Waals surface area (Å²) in [5.74, 6) is 0.535. The molecule has 1 nitrogen and oxygen atoms in total. The largest absolute Gasteiger partial charge is 0.309 e. The van der Waals surface area contributed by atoms with E-state index in [4.69, 9.17) is 0 Å². The SMILES string of the molecule is Fc1cccc2c1C1CC2CN1. The molecule has 1 aromatic carbocycles. The Morgan fingerprint density at radius 2 is 2.33 bits per heavy atom. The van der Waals surface area contributed by atoms with Crippen molar-refractivity contribution in [1.29, 1.82) is 0 Å². The number of fused-ring (bicyclic) bond motifs is 5. The third-order valence-corrected chi connectivity index (χ3v) is 3.01. The molecule has 2 bridgehead atoms. The summed E-state index contributed by atoms with van der Waals surface area (Å²) >= 11 is 0. The third-order valence-electron chi connectivity index (χ3n) is 3.01. The lowest BCUT2D eigenvalue weighted by Crippen LogP contribution is -2.20. The van der Waals surface area contributed by atoms with Crippen molar-refractivity contribution in [2.75, 3.05) is 6.54 Å². The van der Waals surface area contributed by atoms with Crippen LogP contribution in [0.2, 0.25) is 0 Å². The summed E-state index contributed by atoms with van der Waals surface area (Å²) in [6, 6.07) is 5.73. The molecule has 1 saturated heterocycles. The van der Waals surface area contributed by atoms with Crippen molar-refractivity contribution in [2.45, 2.75) is 18.4 Å². The number of nitrogens with one attached hydrogen (secondary N) is 1. The van der Waals surface area contributed by atoms with Gasteiger partial charge in [-0.3, -0.25) is 0 Å². The van der Waals surface area contributed by atoms with Gasteiger partial charge in [0.1, 0.15) is 5.82 Å². The van der Waals surface area contributed by atoms with E-state index in [-0.39, 0.29) is 5.82 Å². The first-order valence-corrected chi connectivity index (χ1v) is 4.38. The Kier molecular flexibility index (Phi) is 1.14. The van der Waals surface area contributed by atoms with Gasteiger partial charge in [0.25, 0.3) is 0 Å². The van der Waals surface area contributed by atoms with E-state index in [0.717, 1.165) is 18.5 Å². The van der Waals surface area contributed by atoms with E-state index in [0.29, 0.717) is 12.0 Å². The molecule has 0 radical (unpaired) electrons. The van der Waals surface area contributed by atoms with Crippen LogP contribution in [0, 0.1) is 5.82 Å². The minimum atomic E-state index is -0.0350. The predicted molar refractivity (Wildman–Crippen MR) is 44.5 cm³/mol. The highest BCUT2D eigenvalue weighted by molar-refractivity contribution is 5.41. The minimum absolute atomic E-state index is 0.0350. The molecule has 3 rings (SSSR count). The number of hydrogen-bond acceptors (Lipinski definition) is 1. The normalized spacial score (nSPS) is 30.8. The van der Waals surface area contributed by atoms with Crippen molar-refractivity contribution >= 4 is 0 Å². The standard InChI is InChI=1S/C10H10FN/c11-8-3-1-2-7-6-4-9(10(7)8)12-5-6/h1-3,6,9,12H,4-5H2. The van der Waals surface area contributed by atoms with E-state index in [1.54, 1.807) is 6.07 Å². The molecule has 1 aliphatic heterocycles. The van der Waals surface area contributed by atoms with E-state index < -0.39 is 0 Å². The first-order valence-electron chi connectivity index (χ1n) is 4.38. The summed E-state index contributed by atoms with van der Waals surface area (Å²) < 4.78 is 13.3. The lowest BCUT2D eigenvalue weighted by atomic mass is 10.00. The first kappa shape index (κ1) is 6.61. The highest BCUT2D eigenvalue weighted by Crippen LogP contribution is 2.45. The fourth-order valence-corrected chi connectivity index (χ4v) is 2.47. The first-order chi connectivity index (χ1) is 5.86. The van der Waals surface area contributed by atoms with Crippen LogP contribution in [0.4, 0.5) is 4.39 Å². The van der Waals surface area contributed by atoms with Gasteiger partial charge in [-0.2, -0.15) is 0 Å². The van der Waals surface area contributed by atoms with Gasteiger partial charge in [-0.1, -0.05) is 12.1 Å². The molecule has 2 atom stereocenters. The van der Waals surface area contributed by atoms with E-state index in [9.17, 15) is 4.39 Å². The van der Waals surface area contributed by atoms with Gasteiger partial charge in [-0.15, -0.1) is 0 Å². The lowest BCUT2D eigenvalue weighted by Gasteiger charge is -2.16. The summed E-state index contributed by atoms with van der Waals surface area (Å²) in [7, 11) is 0. The molecule has 1 heterocycles. The molecule has 0 aromatic heterocycles. The number of benzene rings is 1. The maximum absolute atomic E-state index is 13.3. The zero-order chi connectivity index (χ0) is 8.13. The molecule has 0 amide bonds. The molecule has 1 N–H and O–H groups in total. The maximum Gasteiger partial charge on any atom is 0.128 e. The van der Waals surface area contributed by atoms with Gasteiger partial charge in [0.2, 0.25) is 0 Å². The molecule has 0 spiro atoms. The van der Waals surface area contributed by atoms with Crippen molar-refractivity contribution in [2.24, 2.45) is 0 Å². The van der Waals surface area contributed by atoms with Crippen LogP contribution in [0.3, 0.4) is 0 Å². The van der Waals surface area contributed by atoms with Gasteiger partial charge in [0.15, 0.2) is 0 Å². The van der Waals surface area contributed by atoms with Crippen molar-refractivity contribution < 1.29 is 4.39 Å². The second kappa shape index (κ2) is 2.07. The van der Waals surface area contributed by atoms with E-state index >= 15 is 0 Å². The second-order valence-corrected chi connectivity index (χ2v) is 3.64. The Morgan fingerprint density at radius 1 is 1.42 bits per heavy atom. The quantitative estimate of drug-likeness (QED) is 0.616. The van der Waals surface area contributed by atoms with Crippen molar-refractivity contribution in [3.63, 3.8) is 0 Å². The second-order valence-electron chi connectivity index (χ2n) is 3.64. The van der Waals surface area contributed by atoms with E-state index in [2.05, 4.69) is 11.4 Å². The summed E-state index contributed by atoms with van der Waals surface area (Å²) in [6.07, 6.45) is 1.09. The van der Waals surface area contributed by atoms with Gasteiger partial charge in [0, 0.05) is 18.2 Å². The zero-order valence-electron chi connectivity index (χ0n) is 6.68. The van der Waals surface area contributed by atoms with Crippen molar-refractivity contribution in [3.8, 4) is 0 Å². The Morgan fingerprint density at radius 3 is 3.17 bits per heavy atom. The van der Waals surface area contributed by atoms with Crippen LogP contribution < -0.4 is 5.32 Å². The Hall–Kier alpha value is -0.890. The fourth-order valence-electron chi connectivity index (χ4n) is 2.47. The smallest absolute Gasteiger partial charge is 0.128 e. The maximum atomic E-state index is 13.3. The number of rotatable bonds is 0. The molecule has 2 aliphatic rings. The van der Waals surface area contributed by atoms with Crippen LogP contribution in [0.5, 0.6) is 0 Å². The number of hydrogen-bond donors (Lipinski definition) is 1. The van der Waals surface area contributed by atoms with Gasteiger partial charge >= 0.3 is 0 Å². The van der Waals surface area contributed by atoms with Crippen LogP contribution >= 0.6 is 0 Å². The molecule has 2 heteroatoms. The van der Waals surface area contributed by atoms with Gasteiger partial charge < -0.3 is 5.32 Å². The Balaban J connectivity index is 2.26. The Bertz CT molecular complexity index is 335. The molecular weight excluding hydrogens is 153 g/mol. The van der Waals surface area contributed by atoms with Gasteiger partial charge in [0.05, 0.1) is 0 Å². The van der Waals surface area contributed by atoms with Gasteiger partial charge in [-0.25, -0.2) is 4.39 Å². The van der Waals surface area contributed by atoms with Crippen LogP contribution in [0.25, 0.3) is 0 Å². The zero-order valence-corrected chi connectivity index (χ0v) is 6.68. The highest BCUT2D eigenvalue weighted by Gasteiger charge is 2.38. The lowest BCUT2D eigenvalue weighted by molar-refractivity contribution is 0.561. The van der Waals surface area contributed by atoms with Crippen LogP contribution in [-0.4, -0.2) is 6.54 Å². The summed E-state index contributed by atoms with van der Waals surface area (Å²) in [5.41, 5.74) is 2.16. The molecular formula is C10H10FN. The van der Waals surface area contributed by atoms with E-state index in [1.807, 2.05) is 6.07 Å². The molecule has 1 aromatic rings. The summed E-state index contributed by atoms with van der Waals surface area (Å²) in [6.45, 7) is 1.03. The molecule has 12 heavy (non-hydrogen) atoms. The van der Waals surface area contributed by atoms with Crippen molar-refractivity contribution in [1.82, 2.24) is 5.32 Å². The number of halogens is 1. The predicted octanol–water partition coefficient (Wildman–Crippen LogP) is 1.96. The summed E-state index contributed by atoms with van der Waals surface area (Å²) in [5, 5.41) is 3.31. The topological polar surface area (TPSA) is 12.0 Å². The van der Waals surface area contributed by atoms with E-state index in [1.165, 1.54) is 5.56 Å². The van der Waals surface area contributed by atoms with Crippen LogP contribution in [0.1, 0.15) is 29.5 Å². The molecule has 1 fully saturated rings. The van der Waals surface area contributed by atoms with Crippen LogP contribution in [0.15, 0.2) is 18.2 Å². The molecule has 2 unspecified atom stereocenters. The molecule has 0 saturated carbocycles. The average Bonchev–Trinajstić information content (AvgIpc) is 2.64. The van der Waals surface area contributed by atoms with Crippen LogP contribution in [-0.2, 0) is 0 Å². The average molecular weight is 163 g/mol. The highest BCUT2D eigenvalue weighted by atomic mass is 19.1.